The Bertz CT molecular complexity index is 413. The molecule has 110 valence electrons. The van der Waals surface area contributed by atoms with Crippen LogP contribution in [0, 0.1) is 0 Å². The smallest absolute Gasteiger partial charge is 0.304 e. The third-order valence-corrected chi connectivity index (χ3v) is 4.45. The molecular formula is C15H21NO3S. The highest BCUT2D eigenvalue weighted by atomic mass is 32.2. The van der Waals surface area contributed by atoms with Gasteiger partial charge in [0, 0.05) is 30.6 Å². The number of thioether (sulfide) groups is 1. The molecule has 0 radical (unpaired) electrons. The van der Waals surface area contributed by atoms with Crippen molar-refractivity contribution in [1.82, 2.24) is 4.90 Å². The standard InChI is InChI=1S/C15H21NO3S/c17-15(18)11-13-12-20-10-8-16(13)7-4-9-19-14-5-2-1-3-6-14/h1-3,5-6,13H,4,7-12H2,(H,17,18). The summed E-state index contributed by atoms with van der Waals surface area (Å²) in [6.45, 7) is 2.56. The van der Waals surface area contributed by atoms with Gasteiger partial charge in [0.2, 0.25) is 0 Å². The summed E-state index contributed by atoms with van der Waals surface area (Å²) in [4.78, 5) is 13.2. The van der Waals surface area contributed by atoms with Crippen LogP contribution in [0.4, 0.5) is 0 Å². The summed E-state index contributed by atoms with van der Waals surface area (Å²) >= 11 is 1.85. The van der Waals surface area contributed by atoms with Crippen LogP contribution in [0.15, 0.2) is 30.3 Å². The zero-order valence-corrected chi connectivity index (χ0v) is 12.3. The van der Waals surface area contributed by atoms with Crippen LogP contribution in [0.5, 0.6) is 5.75 Å². The van der Waals surface area contributed by atoms with Gasteiger partial charge in [-0.1, -0.05) is 18.2 Å². The first-order valence-corrected chi connectivity index (χ1v) is 8.12. The fourth-order valence-corrected chi connectivity index (χ4v) is 3.48. The second-order valence-electron chi connectivity index (χ2n) is 4.88. The molecule has 2 rings (SSSR count). The van der Waals surface area contributed by atoms with Crippen LogP contribution in [0.1, 0.15) is 12.8 Å². The average molecular weight is 295 g/mol. The van der Waals surface area contributed by atoms with E-state index in [1.165, 1.54) is 0 Å². The SMILES string of the molecule is O=C(O)CC1CSCCN1CCCOc1ccccc1. The Morgan fingerprint density at radius 3 is 2.95 bits per heavy atom. The van der Waals surface area contributed by atoms with Crippen LogP contribution in [0.2, 0.25) is 0 Å². The number of nitrogens with zero attached hydrogens (tertiary/aromatic N) is 1. The third kappa shape index (κ3) is 5.06. The Morgan fingerprint density at radius 2 is 2.20 bits per heavy atom. The molecule has 1 atom stereocenters. The van der Waals surface area contributed by atoms with Crippen LogP contribution >= 0.6 is 11.8 Å². The number of carboxylic acids is 1. The first-order valence-electron chi connectivity index (χ1n) is 6.97. The number of ether oxygens (including phenoxy) is 1. The van der Waals surface area contributed by atoms with Crippen molar-refractivity contribution in [1.29, 1.82) is 0 Å². The van der Waals surface area contributed by atoms with Gasteiger partial charge in [0.15, 0.2) is 0 Å². The number of rotatable bonds is 7. The molecule has 1 unspecified atom stereocenters. The van der Waals surface area contributed by atoms with Crippen molar-refractivity contribution < 1.29 is 14.6 Å². The largest absolute Gasteiger partial charge is 0.494 e. The fourth-order valence-electron chi connectivity index (χ4n) is 2.35. The minimum Gasteiger partial charge on any atom is -0.494 e. The van der Waals surface area contributed by atoms with Crippen LogP contribution in [-0.4, -0.2) is 53.2 Å². The molecule has 1 fully saturated rings. The average Bonchev–Trinajstić information content (AvgIpc) is 2.46. The number of para-hydroxylation sites is 1. The van der Waals surface area contributed by atoms with Gasteiger partial charge < -0.3 is 9.84 Å². The molecule has 0 saturated carbocycles. The van der Waals surface area contributed by atoms with Gasteiger partial charge in [0.25, 0.3) is 0 Å². The van der Waals surface area contributed by atoms with E-state index in [1.54, 1.807) is 0 Å². The van der Waals surface area contributed by atoms with Crippen molar-refractivity contribution in [2.24, 2.45) is 0 Å². The first kappa shape index (κ1) is 15.2. The Morgan fingerprint density at radius 1 is 1.40 bits per heavy atom. The summed E-state index contributed by atoms with van der Waals surface area (Å²) in [6.07, 6.45) is 1.17. The van der Waals surface area contributed by atoms with E-state index in [2.05, 4.69) is 4.90 Å². The molecule has 0 bridgehead atoms. The molecule has 1 aromatic carbocycles. The molecule has 1 aromatic rings. The van der Waals surface area contributed by atoms with Crippen molar-refractivity contribution in [2.45, 2.75) is 18.9 Å². The molecule has 4 nitrogen and oxygen atoms in total. The maximum absolute atomic E-state index is 10.9. The molecule has 0 aliphatic carbocycles. The third-order valence-electron chi connectivity index (χ3n) is 3.36. The molecule has 20 heavy (non-hydrogen) atoms. The second-order valence-corrected chi connectivity index (χ2v) is 6.03. The van der Waals surface area contributed by atoms with Gasteiger partial charge in [0.05, 0.1) is 13.0 Å². The fraction of sp³-hybridized carbons (Fsp3) is 0.533. The molecule has 1 N–H and O–H groups in total. The monoisotopic (exact) mass is 295 g/mol. The van der Waals surface area contributed by atoms with Gasteiger partial charge in [-0.05, 0) is 18.6 Å². The summed E-state index contributed by atoms with van der Waals surface area (Å²) in [7, 11) is 0. The van der Waals surface area contributed by atoms with Gasteiger partial charge in [0.1, 0.15) is 5.75 Å². The molecular weight excluding hydrogens is 274 g/mol. The van der Waals surface area contributed by atoms with Crippen LogP contribution in [-0.2, 0) is 4.79 Å². The number of hydrogen-bond acceptors (Lipinski definition) is 4. The summed E-state index contributed by atoms with van der Waals surface area (Å²) in [5, 5.41) is 8.94. The molecule has 1 aliphatic heterocycles. The zero-order chi connectivity index (χ0) is 14.2. The van der Waals surface area contributed by atoms with E-state index < -0.39 is 5.97 Å². The lowest BCUT2D eigenvalue weighted by Gasteiger charge is -2.34. The lowest BCUT2D eigenvalue weighted by molar-refractivity contribution is -0.138. The topological polar surface area (TPSA) is 49.8 Å². The van der Waals surface area contributed by atoms with E-state index in [4.69, 9.17) is 9.84 Å². The minimum atomic E-state index is -0.706. The van der Waals surface area contributed by atoms with Gasteiger partial charge in [-0.2, -0.15) is 11.8 Å². The van der Waals surface area contributed by atoms with Crippen LogP contribution < -0.4 is 4.74 Å². The molecule has 5 heteroatoms. The van der Waals surface area contributed by atoms with E-state index in [0.29, 0.717) is 6.61 Å². The summed E-state index contributed by atoms with van der Waals surface area (Å²) in [5.74, 6) is 2.20. The van der Waals surface area contributed by atoms with Crippen LogP contribution in [0.3, 0.4) is 0 Å². The number of aliphatic carboxylic acids is 1. The molecule has 1 aliphatic rings. The lowest BCUT2D eigenvalue weighted by Crippen LogP contribution is -2.44. The Labute approximate surface area is 124 Å². The van der Waals surface area contributed by atoms with Crippen molar-refractivity contribution in [2.75, 3.05) is 31.2 Å². The van der Waals surface area contributed by atoms with Gasteiger partial charge >= 0.3 is 5.97 Å². The molecule has 0 spiro atoms. The summed E-state index contributed by atoms with van der Waals surface area (Å²) in [5.41, 5.74) is 0. The lowest BCUT2D eigenvalue weighted by atomic mass is 10.2. The quantitative estimate of drug-likeness (QED) is 0.783. The Hall–Kier alpha value is -1.20. The van der Waals surface area contributed by atoms with Crippen molar-refractivity contribution in [3.05, 3.63) is 30.3 Å². The number of benzene rings is 1. The van der Waals surface area contributed by atoms with Gasteiger partial charge in [-0.25, -0.2) is 0 Å². The van der Waals surface area contributed by atoms with E-state index in [9.17, 15) is 4.79 Å². The van der Waals surface area contributed by atoms with E-state index in [1.807, 2.05) is 42.1 Å². The Balaban J connectivity index is 1.70. The molecule has 1 saturated heterocycles. The molecule has 1 heterocycles. The van der Waals surface area contributed by atoms with Gasteiger partial charge in [-0.3, -0.25) is 9.69 Å². The maximum Gasteiger partial charge on any atom is 0.304 e. The highest BCUT2D eigenvalue weighted by Gasteiger charge is 2.24. The maximum atomic E-state index is 10.9. The van der Waals surface area contributed by atoms with Gasteiger partial charge in [-0.15, -0.1) is 0 Å². The van der Waals surface area contributed by atoms with Crippen LogP contribution in [0.25, 0.3) is 0 Å². The second kappa shape index (κ2) is 8.17. The molecule has 0 aromatic heterocycles. The summed E-state index contributed by atoms with van der Waals surface area (Å²) in [6, 6.07) is 9.95. The van der Waals surface area contributed by atoms with E-state index in [0.717, 1.165) is 36.8 Å². The number of carboxylic acid groups (broad SMARTS) is 1. The Kier molecular flexibility index (Phi) is 6.21. The highest BCUT2D eigenvalue weighted by molar-refractivity contribution is 7.99. The number of hydrogen-bond donors (Lipinski definition) is 1. The van der Waals surface area contributed by atoms with E-state index >= 15 is 0 Å². The van der Waals surface area contributed by atoms with Crippen molar-refractivity contribution in [3.63, 3.8) is 0 Å². The zero-order valence-electron chi connectivity index (χ0n) is 11.5. The predicted molar refractivity (Wildman–Crippen MR) is 81.5 cm³/mol. The first-order chi connectivity index (χ1) is 9.75. The number of carbonyl (C=O) groups is 1. The minimum absolute atomic E-state index is 0.169. The van der Waals surface area contributed by atoms with E-state index in [-0.39, 0.29) is 12.5 Å². The normalized spacial score (nSPS) is 19.7. The molecule has 0 amide bonds. The highest BCUT2D eigenvalue weighted by Crippen LogP contribution is 2.19. The van der Waals surface area contributed by atoms with Crippen molar-refractivity contribution >= 4 is 17.7 Å². The summed E-state index contributed by atoms with van der Waals surface area (Å²) < 4.78 is 5.67. The van der Waals surface area contributed by atoms with Crippen molar-refractivity contribution in [3.8, 4) is 5.75 Å². The predicted octanol–water partition coefficient (Wildman–Crippen LogP) is 2.35.